The quantitative estimate of drug-likeness (QED) is 0.201. The fraction of sp³-hybridized carbons (Fsp3) is 0.160. The zero-order chi connectivity index (χ0) is 25.6. The number of nitrogens with zero attached hydrogens (tertiary/aromatic N) is 7. The van der Waals surface area contributed by atoms with Crippen molar-refractivity contribution in [3.8, 4) is 0 Å². The Bertz CT molecular complexity index is 1070. The van der Waals surface area contributed by atoms with Gasteiger partial charge in [0.1, 0.15) is 0 Å². The van der Waals surface area contributed by atoms with Crippen LogP contribution >= 0.6 is 17.6 Å². The van der Waals surface area contributed by atoms with Gasteiger partial charge in [0.15, 0.2) is 0 Å². The second-order valence-corrected chi connectivity index (χ2v) is 10.3. The first kappa shape index (κ1) is 28.0. The van der Waals surface area contributed by atoms with E-state index >= 15 is 0 Å². The number of hydrogen-bond acceptors (Lipinski definition) is 4. The number of rotatable bonds is 8. The van der Waals surface area contributed by atoms with Crippen molar-refractivity contribution in [2.75, 3.05) is 26.8 Å². The van der Waals surface area contributed by atoms with E-state index in [1.165, 1.54) is 16.8 Å². The summed E-state index contributed by atoms with van der Waals surface area (Å²) in [4.78, 5) is 2.27. The largest absolute Gasteiger partial charge is 0.425 e. The molecule has 5 rings (SSSR count). The number of hydrogen-bond donors (Lipinski definition) is 0. The van der Waals surface area contributed by atoms with E-state index in [0.29, 0.717) is 0 Å². The first-order chi connectivity index (χ1) is 17.7. The molecule has 0 atom stereocenters. The Morgan fingerprint density at radius 3 is 1.39 bits per heavy atom. The summed E-state index contributed by atoms with van der Waals surface area (Å²) < 4.78 is 5.38. The molecule has 0 bridgehead atoms. The molecule has 7 nitrogen and oxygen atoms in total. The average molecular weight is 606 g/mol. The molecule has 2 aromatic carbocycles. The Labute approximate surface area is 228 Å². The van der Waals surface area contributed by atoms with E-state index in [1.807, 2.05) is 54.1 Å². The van der Waals surface area contributed by atoms with E-state index in [0.717, 1.165) is 6.54 Å². The summed E-state index contributed by atoms with van der Waals surface area (Å²) in [5, 5.41) is 15.6. The van der Waals surface area contributed by atoms with Gasteiger partial charge in [0.25, 0.3) is 7.12 Å². The minimum absolute atomic E-state index is 0.194. The zero-order valence-corrected chi connectivity index (χ0v) is 23.7. The third-order valence-electron chi connectivity index (χ3n) is 5.19. The second-order valence-electron chi connectivity index (χ2n) is 7.93. The molecule has 0 N–H and O–H groups in total. The maximum Gasteiger partial charge on any atom is 0.260 e. The maximum atomic E-state index is 4.57. The molecule has 5 aromatic rings. The molecule has 0 spiro atoms. The molecule has 0 saturated carbocycles. The average Bonchev–Trinajstić information content (AvgIpc) is 3.73. The van der Waals surface area contributed by atoms with Crippen LogP contribution in [0.15, 0.2) is 116 Å². The van der Waals surface area contributed by atoms with Crippen LogP contribution in [-0.2, 0) is 17.3 Å². The summed E-state index contributed by atoms with van der Waals surface area (Å²) in [7, 11) is 8.43. The monoisotopic (exact) mass is 606 g/mol. The molecule has 0 saturated heterocycles. The van der Waals surface area contributed by atoms with Crippen LogP contribution in [0, 0.1) is 0 Å². The molecule has 3 aromatic heterocycles. The van der Waals surface area contributed by atoms with Gasteiger partial charge in [-0.2, -0.15) is 0 Å². The molecule has 36 heavy (non-hydrogen) atoms. The van der Waals surface area contributed by atoms with Crippen molar-refractivity contribution in [1.29, 1.82) is 0 Å². The summed E-state index contributed by atoms with van der Waals surface area (Å²) >= 11 is 1.82. The van der Waals surface area contributed by atoms with E-state index in [4.69, 9.17) is 0 Å². The standard InChI is InChI=1S/C16H20NP.C9H9BN6.ClH.Ru/c1-17(2)13-14-18(15-9-5-3-6-10-15)16-11-7-4-8-12-16;1-4-11-14(7-1)10(15-8-2-5-12-15)16-9-3-6-13-16;;/h3-12H,13-14H2,1-2H3;1-9H;1H;/q;-1;;+2/p-1. The molecule has 1 radical (unpaired) electrons. The SMILES string of the molecule is CN(C)CCP(c1ccccc1)c1ccccc1.[Cl][Ru+].c1cnn([B-](n2cccn2)n2cccn2)c1. The normalized spacial score (nSPS) is 10.6. The molecular formula is C25H29BClN7PRu. The van der Waals surface area contributed by atoms with Gasteiger partial charge in [0, 0.05) is 25.1 Å². The Morgan fingerprint density at radius 1 is 0.694 bits per heavy atom. The van der Waals surface area contributed by atoms with Crippen LogP contribution in [0.25, 0.3) is 0 Å². The van der Waals surface area contributed by atoms with Gasteiger partial charge in [-0.05, 0) is 75.6 Å². The fourth-order valence-corrected chi connectivity index (χ4v) is 6.02. The van der Waals surface area contributed by atoms with Crippen LogP contribution in [-0.4, -0.2) is 67.9 Å². The second kappa shape index (κ2) is 15.5. The Hall–Kier alpha value is -2.56. The first-order valence-electron chi connectivity index (χ1n) is 11.4. The van der Waals surface area contributed by atoms with Crippen molar-refractivity contribution in [3.63, 3.8) is 0 Å². The molecule has 0 aliphatic carbocycles. The summed E-state index contributed by atoms with van der Waals surface area (Å²) in [6.07, 6.45) is 12.1. The molecule has 0 aliphatic rings. The molecule has 11 heteroatoms. The van der Waals surface area contributed by atoms with Gasteiger partial charge in [-0.25, -0.2) is 15.3 Å². The van der Waals surface area contributed by atoms with E-state index in [2.05, 4.69) is 105 Å². The van der Waals surface area contributed by atoms with E-state index in [-0.39, 0.29) is 15.0 Å². The Morgan fingerprint density at radius 2 is 1.08 bits per heavy atom. The van der Waals surface area contributed by atoms with Gasteiger partial charge in [0.05, 0.1) is 0 Å². The molecule has 3 heterocycles. The van der Waals surface area contributed by atoms with E-state index in [9.17, 15) is 0 Å². The van der Waals surface area contributed by atoms with Crippen LogP contribution in [0.5, 0.6) is 0 Å². The molecule has 0 fully saturated rings. The van der Waals surface area contributed by atoms with Gasteiger partial charge in [-0.15, -0.1) is 0 Å². The number of aromatic nitrogens is 6. The van der Waals surface area contributed by atoms with Crippen LogP contribution in [0.1, 0.15) is 0 Å². The predicted octanol–water partition coefficient (Wildman–Crippen LogP) is 3.57. The van der Waals surface area contributed by atoms with Crippen LogP contribution < -0.4 is 10.6 Å². The van der Waals surface area contributed by atoms with Gasteiger partial charge < -0.3 is 18.7 Å². The fourth-order valence-electron chi connectivity index (χ4n) is 3.54. The third-order valence-corrected chi connectivity index (χ3v) is 7.68. The van der Waals surface area contributed by atoms with Crippen molar-refractivity contribution in [2.45, 2.75) is 0 Å². The van der Waals surface area contributed by atoms with Crippen molar-refractivity contribution in [2.24, 2.45) is 0 Å². The number of halogens is 1. The zero-order valence-electron chi connectivity index (χ0n) is 20.3. The summed E-state index contributed by atoms with van der Waals surface area (Å²) in [5.41, 5.74) is 0. The van der Waals surface area contributed by atoms with Crippen molar-refractivity contribution in [3.05, 3.63) is 116 Å². The van der Waals surface area contributed by atoms with Gasteiger partial charge in [-0.1, -0.05) is 60.7 Å². The van der Waals surface area contributed by atoms with E-state index in [1.54, 1.807) is 32.4 Å². The smallest absolute Gasteiger partial charge is 0.260 e. The van der Waals surface area contributed by atoms with Gasteiger partial charge >= 0.3 is 27.0 Å². The van der Waals surface area contributed by atoms with E-state index < -0.39 is 0 Å². The van der Waals surface area contributed by atoms with Gasteiger partial charge in [0.2, 0.25) is 0 Å². The van der Waals surface area contributed by atoms with Crippen molar-refractivity contribution in [1.82, 2.24) is 34.0 Å². The molecule has 0 amide bonds. The number of benzene rings is 2. The van der Waals surface area contributed by atoms with Crippen LogP contribution in [0.3, 0.4) is 0 Å². The topological polar surface area (TPSA) is 56.7 Å². The molecule has 0 aliphatic heterocycles. The summed E-state index contributed by atoms with van der Waals surface area (Å²) in [6, 6.07) is 27.4. The minimum Gasteiger partial charge on any atom is -0.425 e. The van der Waals surface area contributed by atoms with Crippen LogP contribution in [0.2, 0.25) is 0 Å². The van der Waals surface area contributed by atoms with Crippen LogP contribution in [0.4, 0.5) is 0 Å². The van der Waals surface area contributed by atoms with Crippen molar-refractivity contribution < 1.29 is 17.3 Å². The van der Waals surface area contributed by atoms with Crippen molar-refractivity contribution >= 4 is 35.3 Å². The maximum absolute atomic E-state index is 4.57. The molecule has 0 unspecified atom stereocenters. The Kier molecular flexibility index (Phi) is 12.1. The first-order valence-corrected chi connectivity index (χ1v) is 15.1. The molecule has 187 valence electrons. The predicted molar refractivity (Wildman–Crippen MR) is 147 cm³/mol. The molecular weight excluding hydrogens is 577 g/mol. The Balaban J connectivity index is 0.000000189. The third kappa shape index (κ3) is 8.24. The minimum atomic E-state index is -0.225. The summed E-state index contributed by atoms with van der Waals surface area (Å²) in [6.45, 7) is 1.13. The summed E-state index contributed by atoms with van der Waals surface area (Å²) in [5.74, 6) is 0. The van der Waals surface area contributed by atoms with Gasteiger partial charge in [-0.3, -0.25) is 0 Å².